The van der Waals surface area contributed by atoms with E-state index < -0.39 is 0 Å². The van der Waals surface area contributed by atoms with Gasteiger partial charge in [0.1, 0.15) is 5.82 Å². The van der Waals surface area contributed by atoms with Crippen molar-refractivity contribution in [3.8, 4) is 0 Å². The third-order valence-electron chi connectivity index (χ3n) is 9.98. The van der Waals surface area contributed by atoms with Crippen LogP contribution in [0, 0.1) is 31.5 Å². The Morgan fingerprint density at radius 2 is 1.41 bits per heavy atom. The lowest BCUT2D eigenvalue weighted by Gasteiger charge is -2.42. The highest BCUT2D eigenvalue weighted by atomic mass is 19.1. The molecule has 0 N–H and O–H groups in total. The minimum atomic E-state index is -0.0903. The van der Waals surface area contributed by atoms with E-state index in [2.05, 4.69) is 70.7 Å². The molecule has 0 radical (unpaired) electrons. The monoisotopic (exact) mass is 560 g/mol. The molecule has 2 heterocycles. The Morgan fingerprint density at radius 1 is 0.732 bits per heavy atom. The van der Waals surface area contributed by atoms with Crippen LogP contribution in [0.4, 0.5) is 15.8 Å². The van der Waals surface area contributed by atoms with Gasteiger partial charge in [0.05, 0.1) is 5.69 Å². The Labute approximate surface area is 249 Å². The molecule has 2 aliphatic heterocycles. The summed E-state index contributed by atoms with van der Waals surface area (Å²) in [5.41, 5.74) is 4.98. The van der Waals surface area contributed by atoms with Gasteiger partial charge in [-0.15, -0.1) is 0 Å². The molecule has 0 aromatic heterocycles. The van der Waals surface area contributed by atoms with Gasteiger partial charge in [-0.3, -0.25) is 9.80 Å². The topological polar surface area (TPSA) is 13.0 Å². The minimum absolute atomic E-state index is 0.0903. The third kappa shape index (κ3) is 8.35. The summed E-state index contributed by atoms with van der Waals surface area (Å²) in [6, 6.07) is 14.7. The zero-order valence-corrected chi connectivity index (χ0v) is 25.9. The van der Waals surface area contributed by atoms with Crippen molar-refractivity contribution >= 4 is 11.4 Å². The van der Waals surface area contributed by atoms with E-state index in [-0.39, 0.29) is 5.82 Å². The molecular formula is C36H53FN4. The van der Waals surface area contributed by atoms with Crippen LogP contribution in [0.5, 0.6) is 0 Å². The van der Waals surface area contributed by atoms with Crippen molar-refractivity contribution in [1.82, 2.24) is 9.80 Å². The van der Waals surface area contributed by atoms with E-state index in [1.54, 1.807) is 12.1 Å². The maximum Gasteiger partial charge on any atom is 0.146 e. The van der Waals surface area contributed by atoms with Crippen LogP contribution in [0.2, 0.25) is 0 Å². The van der Waals surface area contributed by atoms with Crippen LogP contribution >= 0.6 is 0 Å². The first-order chi connectivity index (χ1) is 20.0. The summed E-state index contributed by atoms with van der Waals surface area (Å²) in [6.45, 7) is 16.9. The van der Waals surface area contributed by atoms with E-state index in [9.17, 15) is 4.39 Å². The van der Waals surface area contributed by atoms with E-state index >= 15 is 0 Å². The number of allylic oxidation sites excluding steroid dienone is 2. The summed E-state index contributed by atoms with van der Waals surface area (Å²) in [5, 5.41) is 0. The van der Waals surface area contributed by atoms with Gasteiger partial charge in [-0.2, -0.15) is 0 Å². The number of anilines is 2. The smallest absolute Gasteiger partial charge is 0.146 e. The number of para-hydroxylation sites is 1. The molecule has 0 amide bonds. The van der Waals surface area contributed by atoms with Crippen molar-refractivity contribution < 1.29 is 4.39 Å². The van der Waals surface area contributed by atoms with Crippen molar-refractivity contribution in [1.29, 1.82) is 0 Å². The average molecular weight is 561 g/mol. The molecule has 224 valence electrons. The Bertz CT molecular complexity index is 1110. The normalized spacial score (nSPS) is 26.0. The summed E-state index contributed by atoms with van der Waals surface area (Å²) < 4.78 is 13.8. The zero-order valence-electron chi connectivity index (χ0n) is 25.9. The molecule has 2 saturated heterocycles. The molecule has 2 aromatic rings. The lowest BCUT2D eigenvalue weighted by Crippen LogP contribution is -2.51. The minimum Gasteiger partial charge on any atom is -0.369 e. The second kappa shape index (κ2) is 14.7. The first-order valence-electron chi connectivity index (χ1n) is 16.4. The number of hydrogen-bond acceptors (Lipinski definition) is 4. The Morgan fingerprint density at radius 3 is 2.10 bits per heavy atom. The van der Waals surface area contributed by atoms with E-state index in [1.807, 2.05) is 12.1 Å². The SMILES string of the molecule is CC1CCC(N2CCN(c3ccccc3F)CC2)CC1.Cc1ccc(C)c(N2CCN(CC3CC=CCC3)CC2)c1. The Hall–Kier alpha value is -2.37. The standard InChI is InChI=1S/C19H28N2.C17H25FN2/c1-16-8-9-17(2)19(14-16)21-12-10-20(11-13-21)15-18-6-4-3-5-7-18;1-14-6-8-15(9-7-14)19-10-12-20(13-11-19)17-5-3-2-4-16(17)18/h3-4,8-9,14,18H,5-7,10-13,15H2,1-2H3;2-5,14-15H,6-13H2,1H3. The quantitative estimate of drug-likeness (QED) is 0.356. The number of rotatable bonds is 5. The number of benzene rings is 2. The van der Waals surface area contributed by atoms with Crippen molar-refractivity contribution in [2.75, 3.05) is 68.7 Å². The molecule has 3 fully saturated rings. The lowest BCUT2D eigenvalue weighted by atomic mass is 9.86. The number of halogens is 1. The summed E-state index contributed by atoms with van der Waals surface area (Å²) in [4.78, 5) is 10.1. The molecule has 0 spiro atoms. The van der Waals surface area contributed by atoms with E-state index in [4.69, 9.17) is 0 Å². The van der Waals surface area contributed by atoms with Crippen LogP contribution < -0.4 is 9.80 Å². The fraction of sp³-hybridized carbons (Fsp3) is 0.611. The highest BCUT2D eigenvalue weighted by molar-refractivity contribution is 5.55. The molecule has 2 aliphatic carbocycles. The van der Waals surface area contributed by atoms with Crippen molar-refractivity contribution in [2.45, 2.75) is 71.8 Å². The van der Waals surface area contributed by atoms with Crippen LogP contribution in [0.3, 0.4) is 0 Å². The third-order valence-corrected chi connectivity index (χ3v) is 9.98. The second-order valence-corrected chi connectivity index (χ2v) is 13.1. The summed E-state index contributed by atoms with van der Waals surface area (Å²) >= 11 is 0. The van der Waals surface area contributed by atoms with Crippen molar-refractivity contribution in [2.24, 2.45) is 11.8 Å². The number of piperazine rings is 2. The van der Waals surface area contributed by atoms with Gasteiger partial charge in [-0.05, 0) is 100.0 Å². The molecular weight excluding hydrogens is 507 g/mol. The molecule has 1 unspecified atom stereocenters. The second-order valence-electron chi connectivity index (χ2n) is 13.1. The molecule has 4 aliphatic rings. The van der Waals surface area contributed by atoms with Crippen LogP contribution in [0.15, 0.2) is 54.6 Å². The van der Waals surface area contributed by atoms with Crippen molar-refractivity contribution in [3.63, 3.8) is 0 Å². The predicted octanol–water partition coefficient (Wildman–Crippen LogP) is 7.31. The van der Waals surface area contributed by atoms with Crippen LogP contribution in [0.25, 0.3) is 0 Å². The molecule has 5 heteroatoms. The maximum absolute atomic E-state index is 13.8. The maximum atomic E-state index is 13.8. The van der Waals surface area contributed by atoms with Crippen LogP contribution in [0.1, 0.15) is 63.0 Å². The van der Waals surface area contributed by atoms with E-state index in [0.29, 0.717) is 0 Å². The fourth-order valence-electron chi connectivity index (χ4n) is 7.26. The van der Waals surface area contributed by atoms with E-state index in [0.717, 1.165) is 49.7 Å². The van der Waals surface area contributed by atoms with Crippen LogP contribution in [-0.2, 0) is 0 Å². The molecule has 1 atom stereocenters. The number of nitrogens with zero attached hydrogens (tertiary/aromatic N) is 4. The fourth-order valence-corrected chi connectivity index (χ4v) is 7.26. The van der Waals surface area contributed by atoms with Gasteiger partial charge in [0.25, 0.3) is 0 Å². The van der Waals surface area contributed by atoms with E-state index in [1.165, 1.54) is 94.5 Å². The van der Waals surface area contributed by atoms with Crippen molar-refractivity contribution in [3.05, 3.63) is 71.6 Å². The molecule has 4 nitrogen and oxygen atoms in total. The van der Waals surface area contributed by atoms with Gasteiger partial charge >= 0.3 is 0 Å². The molecule has 41 heavy (non-hydrogen) atoms. The largest absolute Gasteiger partial charge is 0.369 e. The predicted molar refractivity (Wildman–Crippen MR) is 173 cm³/mol. The summed E-state index contributed by atoms with van der Waals surface area (Å²) in [7, 11) is 0. The number of aryl methyl sites for hydroxylation is 2. The Kier molecular flexibility index (Phi) is 10.8. The molecule has 2 aromatic carbocycles. The first-order valence-corrected chi connectivity index (χ1v) is 16.4. The van der Waals surface area contributed by atoms with Gasteiger partial charge in [0.15, 0.2) is 0 Å². The van der Waals surface area contributed by atoms with Gasteiger partial charge in [0.2, 0.25) is 0 Å². The zero-order chi connectivity index (χ0) is 28.6. The van der Waals surface area contributed by atoms with Gasteiger partial charge in [-0.25, -0.2) is 4.39 Å². The van der Waals surface area contributed by atoms with Gasteiger partial charge in [-0.1, -0.05) is 43.3 Å². The number of hydrogen-bond donors (Lipinski definition) is 0. The first kappa shape index (κ1) is 30.1. The summed E-state index contributed by atoms with van der Waals surface area (Å²) in [6.07, 6.45) is 14.1. The molecule has 1 saturated carbocycles. The average Bonchev–Trinajstić information content (AvgIpc) is 3.01. The van der Waals surface area contributed by atoms with Gasteiger partial charge in [0, 0.05) is 70.6 Å². The Balaban J connectivity index is 0.000000165. The highest BCUT2D eigenvalue weighted by Crippen LogP contribution is 2.29. The molecule has 6 rings (SSSR count). The highest BCUT2D eigenvalue weighted by Gasteiger charge is 2.27. The van der Waals surface area contributed by atoms with Crippen LogP contribution in [-0.4, -0.2) is 74.7 Å². The lowest BCUT2D eigenvalue weighted by molar-refractivity contribution is 0.132. The van der Waals surface area contributed by atoms with Gasteiger partial charge < -0.3 is 9.80 Å². The summed E-state index contributed by atoms with van der Waals surface area (Å²) in [5.74, 6) is 1.71. The molecule has 0 bridgehead atoms.